The Morgan fingerprint density at radius 1 is 0.857 bits per heavy atom. The standard InChI is InChI=1S/C25H25NO2/c1-24(2,3)18-14-15-22(27)20(16-18)25(17-10-6-5-7-11-17)19-12-8-9-13-21(19)26(4)23(25)28/h5-16,27H,1-4H3. The SMILES string of the molecule is CN1C(=O)C(c2ccccc2)(c2cc(C(C)(C)C)ccc2O)c2ccccc21. The molecule has 3 aromatic rings. The molecule has 3 nitrogen and oxygen atoms in total. The van der Waals surface area contributed by atoms with Gasteiger partial charge in [0.25, 0.3) is 0 Å². The van der Waals surface area contributed by atoms with Gasteiger partial charge in [0, 0.05) is 23.9 Å². The number of phenolic OH excluding ortho intramolecular Hbond substituents is 1. The fraction of sp³-hybridized carbons (Fsp3) is 0.240. The first-order valence-electron chi connectivity index (χ1n) is 9.55. The molecule has 0 bridgehead atoms. The van der Waals surface area contributed by atoms with Crippen LogP contribution in [0.2, 0.25) is 0 Å². The van der Waals surface area contributed by atoms with Crippen molar-refractivity contribution in [3.8, 4) is 5.75 Å². The highest BCUT2D eigenvalue weighted by Crippen LogP contribution is 2.52. The summed E-state index contributed by atoms with van der Waals surface area (Å²) >= 11 is 0. The van der Waals surface area contributed by atoms with Crippen LogP contribution < -0.4 is 4.90 Å². The van der Waals surface area contributed by atoms with Gasteiger partial charge >= 0.3 is 0 Å². The van der Waals surface area contributed by atoms with E-state index in [1.54, 1.807) is 18.0 Å². The number of phenols is 1. The second-order valence-corrected chi connectivity index (χ2v) is 8.48. The largest absolute Gasteiger partial charge is 0.508 e. The zero-order valence-electron chi connectivity index (χ0n) is 16.7. The van der Waals surface area contributed by atoms with Gasteiger partial charge in [0.1, 0.15) is 11.2 Å². The van der Waals surface area contributed by atoms with Gasteiger partial charge in [-0.05, 0) is 34.7 Å². The van der Waals surface area contributed by atoms with E-state index in [4.69, 9.17) is 0 Å². The third kappa shape index (κ3) is 2.46. The summed E-state index contributed by atoms with van der Waals surface area (Å²) in [4.78, 5) is 15.5. The minimum Gasteiger partial charge on any atom is -0.508 e. The zero-order chi connectivity index (χ0) is 20.1. The Morgan fingerprint density at radius 3 is 2.18 bits per heavy atom. The fourth-order valence-corrected chi connectivity index (χ4v) is 4.25. The molecule has 1 atom stereocenters. The monoisotopic (exact) mass is 371 g/mol. The highest BCUT2D eigenvalue weighted by molar-refractivity contribution is 6.13. The molecular weight excluding hydrogens is 346 g/mol. The predicted octanol–water partition coefficient (Wildman–Crippen LogP) is 5.00. The lowest BCUT2D eigenvalue weighted by Crippen LogP contribution is -2.41. The second kappa shape index (κ2) is 6.23. The van der Waals surface area contributed by atoms with Crippen LogP contribution in [0.5, 0.6) is 5.75 Å². The number of likely N-dealkylation sites (N-methyl/N-ethyl adjacent to an activating group) is 1. The topological polar surface area (TPSA) is 40.5 Å². The summed E-state index contributed by atoms with van der Waals surface area (Å²) in [7, 11) is 1.80. The highest BCUT2D eigenvalue weighted by Gasteiger charge is 2.53. The van der Waals surface area contributed by atoms with Crippen LogP contribution >= 0.6 is 0 Å². The number of carbonyl (C=O) groups is 1. The molecule has 0 fully saturated rings. The van der Waals surface area contributed by atoms with E-state index in [0.29, 0.717) is 5.56 Å². The third-order valence-electron chi connectivity index (χ3n) is 5.77. The van der Waals surface area contributed by atoms with E-state index in [1.807, 2.05) is 66.7 Å². The first kappa shape index (κ1) is 18.3. The Hall–Kier alpha value is -3.07. The van der Waals surface area contributed by atoms with E-state index in [9.17, 15) is 9.90 Å². The molecule has 3 aromatic carbocycles. The zero-order valence-corrected chi connectivity index (χ0v) is 16.7. The predicted molar refractivity (Wildman–Crippen MR) is 113 cm³/mol. The number of para-hydroxylation sites is 1. The average Bonchev–Trinajstić information content (AvgIpc) is 2.91. The molecule has 0 spiro atoms. The summed E-state index contributed by atoms with van der Waals surface area (Å²) in [5.41, 5.74) is 3.17. The summed E-state index contributed by atoms with van der Waals surface area (Å²) in [6, 6.07) is 23.3. The van der Waals surface area contributed by atoms with Gasteiger partial charge in [0.05, 0.1) is 0 Å². The average molecular weight is 371 g/mol. The summed E-state index contributed by atoms with van der Waals surface area (Å²) in [5.74, 6) is 0.0802. The van der Waals surface area contributed by atoms with Gasteiger partial charge in [-0.1, -0.05) is 75.4 Å². The van der Waals surface area contributed by atoms with E-state index in [2.05, 4.69) is 20.8 Å². The first-order valence-corrected chi connectivity index (χ1v) is 9.55. The number of anilines is 1. The molecule has 142 valence electrons. The van der Waals surface area contributed by atoms with E-state index in [1.165, 1.54) is 0 Å². The summed E-state index contributed by atoms with van der Waals surface area (Å²) in [5, 5.41) is 10.9. The van der Waals surface area contributed by atoms with Gasteiger partial charge in [-0.3, -0.25) is 4.79 Å². The first-order chi connectivity index (χ1) is 13.3. The smallest absolute Gasteiger partial charge is 0.246 e. The quantitative estimate of drug-likeness (QED) is 0.689. The van der Waals surface area contributed by atoms with Crippen molar-refractivity contribution in [1.29, 1.82) is 0 Å². The lowest BCUT2D eigenvalue weighted by Gasteiger charge is -2.32. The Kier molecular flexibility index (Phi) is 4.07. The molecule has 0 aliphatic carbocycles. The Balaban J connectivity index is 2.13. The molecule has 28 heavy (non-hydrogen) atoms. The molecule has 1 amide bonds. The Bertz CT molecular complexity index is 1050. The number of fused-ring (bicyclic) bond motifs is 1. The number of hydrogen-bond donors (Lipinski definition) is 1. The van der Waals surface area contributed by atoms with Crippen molar-refractivity contribution in [2.45, 2.75) is 31.6 Å². The maximum Gasteiger partial charge on any atom is 0.246 e. The molecule has 0 saturated heterocycles. The number of rotatable bonds is 2. The second-order valence-electron chi connectivity index (χ2n) is 8.48. The van der Waals surface area contributed by atoms with Crippen LogP contribution in [0.3, 0.4) is 0 Å². The van der Waals surface area contributed by atoms with Gasteiger partial charge in [-0.15, -0.1) is 0 Å². The maximum absolute atomic E-state index is 13.8. The molecule has 1 aliphatic rings. The van der Waals surface area contributed by atoms with Crippen molar-refractivity contribution in [1.82, 2.24) is 0 Å². The van der Waals surface area contributed by atoms with Gasteiger partial charge < -0.3 is 10.0 Å². The molecule has 1 unspecified atom stereocenters. The van der Waals surface area contributed by atoms with Gasteiger partial charge in [0.15, 0.2) is 0 Å². The van der Waals surface area contributed by atoms with Gasteiger partial charge in [-0.2, -0.15) is 0 Å². The molecule has 3 heteroatoms. The van der Waals surface area contributed by atoms with Gasteiger partial charge in [0.2, 0.25) is 5.91 Å². The van der Waals surface area contributed by atoms with Crippen molar-refractivity contribution in [3.05, 3.63) is 95.1 Å². The van der Waals surface area contributed by atoms with Crippen LogP contribution in [0, 0.1) is 0 Å². The van der Waals surface area contributed by atoms with Crippen molar-refractivity contribution < 1.29 is 9.90 Å². The van der Waals surface area contributed by atoms with E-state index >= 15 is 0 Å². The van der Waals surface area contributed by atoms with E-state index in [-0.39, 0.29) is 17.1 Å². The molecule has 0 aromatic heterocycles. The molecule has 0 saturated carbocycles. The normalized spacial score (nSPS) is 19.0. The molecule has 4 rings (SSSR count). The number of benzene rings is 3. The lowest BCUT2D eigenvalue weighted by atomic mass is 9.68. The van der Waals surface area contributed by atoms with Crippen molar-refractivity contribution in [3.63, 3.8) is 0 Å². The summed E-state index contributed by atoms with van der Waals surface area (Å²) in [6.45, 7) is 6.40. The number of carbonyl (C=O) groups excluding carboxylic acids is 1. The van der Waals surface area contributed by atoms with Crippen LogP contribution in [0.25, 0.3) is 0 Å². The van der Waals surface area contributed by atoms with Gasteiger partial charge in [-0.25, -0.2) is 0 Å². The number of nitrogens with zero attached hydrogens (tertiary/aromatic N) is 1. The van der Waals surface area contributed by atoms with Crippen molar-refractivity contribution >= 4 is 11.6 Å². The number of aromatic hydroxyl groups is 1. The lowest BCUT2D eigenvalue weighted by molar-refractivity contribution is -0.120. The maximum atomic E-state index is 13.8. The summed E-state index contributed by atoms with van der Waals surface area (Å²) in [6.07, 6.45) is 0. The van der Waals surface area contributed by atoms with Crippen LogP contribution in [0.4, 0.5) is 5.69 Å². The Morgan fingerprint density at radius 2 is 1.50 bits per heavy atom. The Labute approximate surface area is 166 Å². The minimum absolute atomic E-state index is 0.0544. The van der Waals surface area contributed by atoms with Crippen molar-refractivity contribution in [2.24, 2.45) is 0 Å². The molecule has 1 heterocycles. The summed E-state index contributed by atoms with van der Waals surface area (Å²) < 4.78 is 0. The molecule has 1 N–H and O–H groups in total. The minimum atomic E-state index is -1.07. The van der Waals surface area contributed by atoms with Crippen LogP contribution in [-0.2, 0) is 15.6 Å². The van der Waals surface area contributed by atoms with Crippen LogP contribution in [-0.4, -0.2) is 18.1 Å². The molecule has 1 aliphatic heterocycles. The number of hydrogen-bond acceptors (Lipinski definition) is 2. The van der Waals surface area contributed by atoms with Crippen LogP contribution in [0.1, 0.15) is 43.0 Å². The highest BCUT2D eigenvalue weighted by atomic mass is 16.3. The molecule has 0 radical (unpaired) electrons. The van der Waals surface area contributed by atoms with E-state index in [0.717, 1.165) is 22.4 Å². The van der Waals surface area contributed by atoms with Crippen LogP contribution in [0.15, 0.2) is 72.8 Å². The fourth-order valence-electron chi connectivity index (χ4n) is 4.25. The number of amides is 1. The molecular formula is C25H25NO2. The van der Waals surface area contributed by atoms with E-state index < -0.39 is 5.41 Å². The third-order valence-corrected chi connectivity index (χ3v) is 5.77. The van der Waals surface area contributed by atoms with Crippen molar-refractivity contribution in [2.75, 3.05) is 11.9 Å².